The van der Waals surface area contributed by atoms with Crippen LogP contribution in [0.5, 0.6) is 0 Å². The fraction of sp³-hybridized carbons (Fsp3) is 0.529. The fourth-order valence-electron chi connectivity index (χ4n) is 6.21. The fourth-order valence-corrected chi connectivity index (χ4v) is 7.74. The topological polar surface area (TPSA) is 127 Å². The number of sulfonamides is 1. The Morgan fingerprint density at radius 2 is 1.89 bits per heavy atom. The smallest absolute Gasteiger partial charge is 0.270 e. The van der Waals surface area contributed by atoms with Crippen molar-refractivity contribution in [3.05, 3.63) is 58.9 Å². The first-order valence-electron chi connectivity index (χ1n) is 16.2. The van der Waals surface area contributed by atoms with E-state index >= 15 is 0 Å². The van der Waals surface area contributed by atoms with Crippen molar-refractivity contribution in [2.45, 2.75) is 103 Å². The van der Waals surface area contributed by atoms with Gasteiger partial charge in [0.2, 0.25) is 5.88 Å². The molecular weight excluding hydrogens is 606 g/mol. The number of aromatic nitrogens is 2. The van der Waals surface area contributed by atoms with Crippen molar-refractivity contribution < 1.29 is 27.2 Å². The Bertz CT molecular complexity index is 1680. The molecule has 3 heterocycles. The molecule has 1 saturated carbocycles. The summed E-state index contributed by atoms with van der Waals surface area (Å²) in [6.07, 6.45) is 8.81. The molecule has 1 aliphatic carbocycles. The van der Waals surface area contributed by atoms with Gasteiger partial charge in [-0.1, -0.05) is 56.5 Å². The molecule has 46 heavy (non-hydrogen) atoms. The number of rotatable bonds is 15. The number of hydrogen-bond acceptors (Lipinski definition) is 9. The molecule has 0 atom stereocenters. The van der Waals surface area contributed by atoms with Gasteiger partial charge < -0.3 is 14.0 Å². The first kappa shape index (κ1) is 33.7. The van der Waals surface area contributed by atoms with Crippen LogP contribution in [0.3, 0.4) is 0 Å². The van der Waals surface area contributed by atoms with Crippen molar-refractivity contribution in [2.75, 3.05) is 24.8 Å². The number of unbranched alkanes of at least 4 members (excludes halogenated alkanes) is 1. The van der Waals surface area contributed by atoms with Crippen LogP contribution in [-0.4, -0.2) is 61.2 Å². The van der Waals surface area contributed by atoms with Crippen LogP contribution >= 0.6 is 0 Å². The minimum absolute atomic E-state index is 0.00289. The predicted octanol–water partition coefficient (Wildman–Crippen LogP) is 6.32. The molecule has 1 aromatic carbocycles. The van der Waals surface area contributed by atoms with Crippen LogP contribution in [-0.2, 0) is 37.4 Å². The van der Waals surface area contributed by atoms with E-state index in [0.717, 1.165) is 72.6 Å². The molecule has 2 aromatic heterocycles. The number of carbonyl (C=O) groups excluding carboxylic acids is 1. The summed E-state index contributed by atoms with van der Waals surface area (Å²) < 4.78 is 46.3. The highest BCUT2D eigenvalue weighted by molar-refractivity contribution is 7.93. The Morgan fingerprint density at radius 3 is 2.57 bits per heavy atom. The maximum atomic E-state index is 14.3. The lowest BCUT2D eigenvalue weighted by molar-refractivity contribution is -0.131. The molecule has 1 aliphatic heterocycles. The normalized spacial score (nSPS) is 16.1. The van der Waals surface area contributed by atoms with E-state index in [0.29, 0.717) is 30.0 Å². The van der Waals surface area contributed by atoms with Crippen LogP contribution in [0, 0.1) is 13.8 Å². The maximum absolute atomic E-state index is 14.3. The molecule has 12 heteroatoms. The van der Waals surface area contributed by atoms with Gasteiger partial charge in [-0.05, 0) is 62.8 Å². The predicted molar refractivity (Wildman–Crippen MR) is 176 cm³/mol. The molecule has 0 unspecified atom stereocenters. The van der Waals surface area contributed by atoms with Crippen LogP contribution in [0.15, 0.2) is 50.9 Å². The third kappa shape index (κ3) is 6.61. The first-order chi connectivity index (χ1) is 22.2. The lowest BCUT2D eigenvalue weighted by Gasteiger charge is -2.24. The molecule has 3 aromatic rings. The molecule has 11 nitrogen and oxygen atoms in total. The Balaban J connectivity index is 1.53. The summed E-state index contributed by atoms with van der Waals surface area (Å²) in [4.78, 5) is 25.3. The zero-order chi connectivity index (χ0) is 32.9. The van der Waals surface area contributed by atoms with E-state index in [2.05, 4.69) is 17.1 Å². The Hall–Kier alpha value is -3.61. The van der Waals surface area contributed by atoms with Gasteiger partial charge >= 0.3 is 0 Å². The third-order valence-corrected chi connectivity index (χ3v) is 10.5. The molecule has 0 radical (unpaired) electrons. The first-order valence-corrected chi connectivity index (χ1v) is 17.6. The lowest BCUT2D eigenvalue weighted by Crippen LogP contribution is -2.40. The SMILES string of the molecule is CCCCC1=NC2(CCCC2)C(=O)N1Cc1ccc(-c2ncccc2S(=O)(=O)N(COC)c2onc(C)c2C)c(COCCC)c1. The number of amides is 1. The lowest BCUT2D eigenvalue weighted by atomic mass is 9.97. The van der Waals surface area contributed by atoms with E-state index in [1.54, 1.807) is 26.1 Å². The van der Waals surface area contributed by atoms with E-state index in [4.69, 9.17) is 19.0 Å². The highest BCUT2D eigenvalue weighted by Gasteiger charge is 2.49. The Morgan fingerprint density at radius 1 is 1.11 bits per heavy atom. The largest absolute Gasteiger partial charge is 0.377 e. The molecule has 248 valence electrons. The molecule has 5 rings (SSSR count). The number of aliphatic imine (C=N–C) groups is 1. The number of pyridine rings is 1. The molecule has 1 spiro atoms. The van der Waals surface area contributed by atoms with Crippen LogP contribution in [0.4, 0.5) is 5.88 Å². The molecule has 1 fully saturated rings. The number of amidine groups is 1. The van der Waals surface area contributed by atoms with Gasteiger partial charge in [0.05, 0.1) is 24.5 Å². The summed E-state index contributed by atoms with van der Waals surface area (Å²) in [6, 6.07) is 8.93. The van der Waals surface area contributed by atoms with Gasteiger partial charge in [-0.2, -0.15) is 0 Å². The van der Waals surface area contributed by atoms with Crippen molar-refractivity contribution in [1.29, 1.82) is 0 Å². The van der Waals surface area contributed by atoms with Gasteiger partial charge in [0, 0.05) is 37.5 Å². The average Bonchev–Trinajstić information content (AvgIpc) is 3.73. The van der Waals surface area contributed by atoms with Crippen LogP contribution in [0.2, 0.25) is 0 Å². The number of aryl methyl sites for hydroxylation is 1. The standard InChI is InChI=1S/C34H45N5O6S/c1-6-8-13-30-36-34(16-9-10-17-34)33(40)38(30)21-26-14-15-28(27(20-26)22-44-19-7-2)31-29(12-11-18-35-31)46(41,42)39(23-43-5)32-24(3)25(4)37-45-32/h11-12,14-15,18,20H,6-10,13,16-17,19,21-23H2,1-5H3. The van der Waals surface area contributed by atoms with Gasteiger partial charge in [-0.15, -0.1) is 0 Å². The zero-order valence-electron chi connectivity index (χ0n) is 27.5. The van der Waals surface area contributed by atoms with Crippen LogP contribution in [0.25, 0.3) is 11.3 Å². The number of nitrogens with zero attached hydrogens (tertiary/aromatic N) is 5. The summed E-state index contributed by atoms with van der Waals surface area (Å²) in [7, 11) is -2.79. The minimum atomic E-state index is -4.21. The van der Waals surface area contributed by atoms with Crippen molar-refractivity contribution in [1.82, 2.24) is 15.0 Å². The van der Waals surface area contributed by atoms with Crippen LogP contribution in [0.1, 0.15) is 87.6 Å². The summed E-state index contributed by atoms with van der Waals surface area (Å²) in [5.41, 5.74) is 3.18. The van der Waals surface area contributed by atoms with E-state index < -0.39 is 15.6 Å². The summed E-state index contributed by atoms with van der Waals surface area (Å²) in [6.45, 7) is 8.60. The van der Waals surface area contributed by atoms with Crippen molar-refractivity contribution in [3.8, 4) is 11.3 Å². The molecular formula is C34H45N5O6S. The van der Waals surface area contributed by atoms with Gasteiger partial charge in [-0.3, -0.25) is 19.7 Å². The summed E-state index contributed by atoms with van der Waals surface area (Å²) in [5.74, 6) is 1.06. The van der Waals surface area contributed by atoms with Crippen LogP contribution < -0.4 is 4.31 Å². The van der Waals surface area contributed by atoms with Gasteiger partial charge in [-0.25, -0.2) is 12.7 Å². The number of methoxy groups -OCH3 is 1. The molecule has 1 amide bonds. The quantitative estimate of drug-likeness (QED) is 0.138. The second-order valence-electron chi connectivity index (χ2n) is 12.1. The second-order valence-corrected chi connectivity index (χ2v) is 14.0. The average molecular weight is 652 g/mol. The second kappa shape index (κ2) is 14.4. The minimum Gasteiger partial charge on any atom is -0.377 e. The summed E-state index contributed by atoms with van der Waals surface area (Å²) >= 11 is 0. The molecule has 0 N–H and O–H groups in total. The van der Waals surface area contributed by atoms with Crippen molar-refractivity contribution >= 4 is 27.7 Å². The Labute approximate surface area is 272 Å². The number of ether oxygens (including phenoxy) is 2. The zero-order valence-corrected chi connectivity index (χ0v) is 28.4. The summed E-state index contributed by atoms with van der Waals surface area (Å²) in [5, 5.41) is 3.96. The Kier molecular flexibility index (Phi) is 10.6. The van der Waals surface area contributed by atoms with Crippen molar-refractivity contribution in [3.63, 3.8) is 0 Å². The highest BCUT2D eigenvalue weighted by Crippen LogP contribution is 2.40. The number of hydrogen-bond donors (Lipinski definition) is 0. The highest BCUT2D eigenvalue weighted by atomic mass is 32.2. The molecule has 0 bridgehead atoms. The van der Waals surface area contributed by atoms with Crippen molar-refractivity contribution in [2.24, 2.45) is 4.99 Å². The van der Waals surface area contributed by atoms with E-state index in [-0.39, 0.29) is 35.7 Å². The van der Waals surface area contributed by atoms with E-state index in [1.807, 2.05) is 30.0 Å². The van der Waals surface area contributed by atoms with E-state index in [9.17, 15) is 13.2 Å². The van der Waals surface area contributed by atoms with Gasteiger partial charge in [0.1, 0.15) is 23.0 Å². The monoisotopic (exact) mass is 651 g/mol. The maximum Gasteiger partial charge on any atom is 0.270 e. The van der Waals surface area contributed by atoms with Gasteiger partial charge in [0.15, 0.2) is 0 Å². The molecule has 2 aliphatic rings. The number of carbonyl (C=O) groups is 1. The van der Waals surface area contributed by atoms with E-state index in [1.165, 1.54) is 13.2 Å². The molecule has 0 saturated heterocycles. The van der Waals surface area contributed by atoms with Gasteiger partial charge in [0.25, 0.3) is 15.9 Å². The number of anilines is 1. The third-order valence-electron chi connectivity index (χ3n) is 8.80. The number of benzene rings is 1.